The zero-order valence-electron chi connectivity index (χ0n) is 15.6. The molecule has 8 heteroatoms. The highest BCUT2D eigenvalue weighted by molar-refractivity contribution is 5.84. The van der Waals surface area contributed by atoms with Gasteiger partial charge in [-0.25, -0.2) is 4.63 Å². The monoisotopic (exact) mass is 379 g/mol. The number of benzene rings is 1. The van der Waals surface area contributed by atoms with E-state index in [-0.39, 0.29) is 17.7 Å². The van der Waals surface area contributed by atoms with Gasteiger partial charge >= 0.3 is 0 Å². The Hall–Kier alpha value is -3.29. The molecule has 1 aliphatic rings. The third-order valence-electron chi connectivity index (χ3n) is 5.04. The van der Waals surface area contributed by atoms with Crippen LogP contribution in [-0.2, 0) is 22.7 Å². The number of piperidine rings is 1. The maximum Gasteiger partial charge on any atom is 0.227 e. The summed E-state index contributed by atoms with van der Waals surface area (Å²) < 4.78 is 4.72. The summed E-state index contributed by atoms with van der Waals surface area (Å²) in [6.07, 6.45) is 2.67. The molecule has 4 rings (SSSR count). The van der Waals surface area contributed by atoms with Crippen molar-refractivity contribution in [1.29, 1.82) is 0 Å². The van der Waals surface area contributed by atoms with Gasteiger partial charge in [-0.3, -0.25) is 14.6 Å². The summed E-state index contributed by atoms with van der Waals surface area (Å²) in [5.41, 5.74) is 3.14. The van der Waals surface area contributed by atoms with Gasteiger partial charge in [0.05, 0.1) is 18.2 Å². The first-order valence-corrected chi connectivity index (χ1v) is 9.24. The van der Waals surface area contributed by atoms with E-state index in [1.165, 1.54) is 0 Å². The van der Waals surface area contributed by atoms with Gasteiger partial charge in [0.2, 0.25) is 11.8 Å². The van der Waals surface area contributed by atoms with Crippen LogP contribution in [0.2, 0.25) is 0 Å². The molecule has 0 aliphatic carbocycles. The third-order valence-corrected chi connectivity index (χ3v) is 5.04. The van der Waals surface area contributed by atoms with Crippen molar-refractivity contribution in [1.82, 2.24) is 25.1 Å². The Bertz CT molecular complexity index is 988. The Morgan fingerprint density at radius 1 is 1.25 bits per heavy atom. The molecule has 2 aromatic heterocycles. The summed E-state index contributed by atoms with van der Waals surface area (Å²) in [5.74, 6) is -0.0953. The summed E-state index contributed by atoms with van der Waals surface area (Å²) in [7, 11) is 1.78. The molecule has 28 heavy (non-hydrogen) atoms. The lowest BCUT2D eigenvalue weighted by Gasteiger charge is -2.33. The summed E-state index contributed by atoms with van der Waals surface area (Å²) in [6.45, 7) is 1.32. The van der Waals surface area contributed by atoms with Crippen LogP contribution in [0.3, 0.4) is 0 Å². The van der Waals surface area contributed by atoms with Gasteiger partial charge in [0.1, 0.15) is 11.0 Å². The second kappa shape index (κ2) is 7.75. The fourth-order valence-electron chi connectivity index (χ4n) is 3.55. The average molecular weight is 379 g/mol. The second-order valence-corrected chi connectivity index (χ2v) is 7.11. The standard InChI is InChI=1S/C20H21N5O3/c1-24(11-14-5-7-17-18(10-14)23-28-22-17)20(27)15-6-8-19(26)25(12-15)13-16-4-2-3-9-21-16/h2-5,7,9-10,15H,6,8,11-13H2,1H3/t15-/m0/s1. The Balaban J connectivity index is 1.40. The molecule has 0 bridgehead atoms. The van der Waals surface area contributed by atoms with Crippen LogP contribution < -0.4 is 0 Å². The van der Waals surface area contributed by atoms with Gasteiger partial charge in [-0.2, -0.15) is 0 Å². The van der Waals surface area contributed by atoms with Crippen LogP contribution >= 0.6 is 0 Å². The topological polar surface area (TPSA) is 92.4 Å². The molecule has 0 N–H and O–H groups in total. The molecule has 3 aromatic rings. The van der Waals surface area contributed by atoms with Crippen LogP contribution in [0, 0.1) is 5.92 Å². The number of amides is 2. The van der Waals surface area contributed by atoms with E-state index < -0.39 is 0 Å². The number of nitrogens with zero attached hydrogens (tertiary/aromatic N) is 5. The number of carbonyl (C=O) groups is 2. The van der Waals surface area contributed by atoms with Gasteiger partial charge in [0, 0.05) is 32.8 Å². The van der Waals surface area contributed by atoms with Crippen LogP contribution in [0.25, 0.3) is 11.0 Å². The Morgan fingerprint density at radius 3 is 2.93 bits per heavy atom. The number of likely N-dealkylation sites (tertiary alicyclic amines) is 1. The van der Waals surface area contributed by atoms with Gasteiger partial charge in [-0.15, -0.1) is 0 Å². The van der Waals surface area contributed by atoms with Gasteiger partial charge in [0.25, 0.3) is 0 Å². The lowest BCUT2D eigenvalue weighted by atomic mass is 9.95. The van der Waals surface area contributed by atoms with Gasteiger partial charge in [-0.1, -0.05) is 12.1 Å². The van der Waals surface area contributed by atoms with Gasteiger partial charge in [0.15, 0.2) is 0 Å². The van der Waals surface area contributed by atoms with Crippen LogP contribution in [0.5, 0.6) is 0 Å². The predicted molar refractivity (Wildman–Crippen MR) is 101 cm³/mol. The minimum atomic E-state index is -0.205. The van der Waals surface area contributed by atoms with E-state index in [1.54, 1.807) is 23.0 Å². The highest BCUT2D eigenvalue weighted by Crippen LogP contribution is 2.22. The molecular weight excluding hydrogens is 358 g/mol. The van der Waals surface area contributed by atoms with Crippen molar-refractivity contribution in [3.8, 4) is 0 Å². The molecule has 0 spiro atoms. The van der Waals surface area contributed by atoms with Crippen molar-refractivity contribution in [3.05, 3.63) is 53.9 Å². The van der Waals surface area contributed by atoms with Gasteiger partial charge in [-0.05, 0) is 46.6 Å². The van der Waals surface area contributed by atoms with Crippen molar-refractivity contribution < 1.29 is 14.2 Å². The zero-order valence-corrected chi connectivity index (χ0v) is 15.6. The van der Waals surface area contributed by atoms with E-state index in [4.69, 9.17) is 4.63 Å². The van der Waals surface area contributed by atoms with E-state index in [1.807, 2.05) is 36.4 Å². The average Bonchev–Trinajstić information content (AvgIpc) is 3.18. The fourth-order valence-corrected chi connectivity index (χ4v) is 3.55. The molecule has 1 aliphatic heterocycles. The van der Waals surface area contributed by atoms with Crippen molar-refractivity contribution in [2.24, 2.45) is 5.92 Å². The number of pyridine rings is 1. The lowest BCUT2D eigenvalue weighted by molar-refractivity contribution is -0.143. The number of rotatable bonds is 5. The molecule has 144 valence electrons. The van der Waals surface area contributed by atoms with Crippen LogP contribution in [0.1, 0.15) is 24.1 Å². The van der Waals surface area contributed by atoms with Crippen molar-refractivity contribution in [2.75, 3.05) is 13.6 Å². The fraction of sp³-hybridized carbons (Fsp3) is 0.350. The molecule has 0 radical (unpaired) electrons. The van der Waals surface area contributed by atoms with Crippen LogP contribution in [0.4, 0.5) is 0 Å². The minimum Gasteiger partial charge on any atom is -0.341 e. The normalized spacial score (nSPS) is 17.1. The Kier molecular flexibility index (Phi) is 5.01. The number of aromatic nitrogens is 3. The van der Waals surface area contributed by atoms with Crippen molar-refractivity contribution in [3.63, 3.8) is 0 Å². The molecule has 8 nitrogen and oxygen atoms in total. The van der Waals surface area contributed by atoms with Crippen molar-refractivity contribution >= 4 is 22.8 Å². The summed E-state index contributed by atoms with van der Waals surface area (Å²) >= 11 is 0. The zero-order chi connectivity index (χ0) is 19.5. The maximum absolute atomic E-state index is 12.9. The summed E-state index contributed by atoms with van der Waals surface area (Å²) in [6, 6.07) is 11.2. The number of hydrogen-bond donors (Lipinski definition) is 0. The first kappa shape index (κ1) is 18.1. The first-order chi connectivity index (χ1) is 13.6. The molecule has 0 unspecified atom stereocenters. The molecule has 1 fully saturated rings. The molecule has 3 heterocycles. The second-order valence-electron chi connectivity index (χ2n) is 7.11. The molecular formula is C20H21N5O3. The van der Waals surface area contributed by atoms with E-state index in [9.17, 15) is 9.59 Å². The molecule has 1 saturated heterocycles. The first-order valence-electron chi connectivity index (χ1n) is 9.24. The molecule has 0 saturated carbocycles. The minimum absolute atomic E-state index is 0.0388. The maximum atomic E-state index is 12.9. The molecule has 1 aromatic carbocycles. The highest BCUT2D eigenvalue weighted by Gasteiger charge is 2.32. The van der Waals surface area contributed by atoms with Crippen LogP contribution in [-0.4, -0.2) is 50.5 Å². The highest BCUT2D eigenvalue weighted by atomic mass is 16.6. The van der Waals surface area contributed by atoms with E-state index in [2.05, 4.69) is 15.3 Å². The lowest BCUT2D eigenvalue weighted by Crippen LogP contribution is -2.45. The number of hydrogen-bond acceptors (Lipinski definition) is 6. The number of fused-ring (bicyclic) bond motifs is 1. The van der Waals surface area contributed by atoms with E-state index in [0.29, 0.717) is 43.5 Å². The SMILES string of the molecule is CN(Cc1ccc2nonc2c1)C(=O)[C@H]1CCC(=O)N(Cc2ccccn2)C1. The third kappa shape index (κ3) is 3.85. The smallest absolute Gasteiger partial charge is 0.227 e. The number of carbonyl (C=O) groups excluding carboxylic acids is 2. The molecule has 1 atom stereocenters. The largest absolute Gasteiger partial charge is 0.341 e. The predicted octanol–water partition coefficient (Wildman–Crippen LogP) is 2.01. The molecule has 2 amide bonds. The van der Waals surface area contributed by atoms with Gasteiger partial charge < -0.3 is 9.80 Å². The van der Waals surface area contributed by atoms with Crippen LogP contribution in [0.15, 0.2) is 47.2 Å². The quantitative estimate of drug-likeness (QED) is 0.673. The Labute approximate surface area is 162 Å². The van der Waals surface area contributed by atoms with E-state index in [0.717, 1.165) is 11.3 Å². The summed E-state index contributed by atoms with van der Waals surface area (Å²) in [4.78, 5) is 32.9. The Morgan fingerprint density at radius 2 is 2.11 bits per heavy atom. The van der Waals surface area contributed by atoms with Crippen molar-refractivity contribution in [2.45, 2.75) is 25.9 Å². The van der Waals surface area contributed by atoms with E-state index >= 15 is 0 Å². The summed E-state index contributed by atoms with van der Waals surface area (Å²) in [5, 5.41) is 7.63.